The second kappa shape index (κ2) is 6.70. The third kappa shape index (κ3) is 3.07. The fraction of sp³-hybridized carbons (Fsp3) is 0.250. The maximum absolute atomic E-state index is 14.6. The highest BCUT2D eigenvalue weighted by atomic mass is 32.2. The highest BCUT2D eigenvalue weighted by Crippen LogP contribution is 2.45. The van der Waals surface area contributed by atoms with Crippen molar-refractivity contribution in [2.45, 2.75) is 24.6 Å². The number of hydrogen-bond donors (Lipinski definition) is 2. The largest absolute Gasteiger partial charge is 0.345 e. The number of benzene rings is 2. The van der Waals surface area contributed by atoms with E-state index in [9.17, 15) is 17.2 Å². The van der Waals surface area contributed by atoms with Crippen LogP contribution in [0.15, 0.2) is 49.0 Å². The molecule has 0 amide bonds. The monoisotopic (exact) mass is 405 g/mol. The molecule has 2 aromatic rings. The molecule has 2 aromatic carbocycles. The summed E-state index contributed by atoms with van der Waals surface area (Å²) < 4.78 is 55.4. The molecule has 1 fully saturated rings. The number of sulfonamides is 1. The number of rotatable bonds is 3. The summed E-state index contributed by atoms with van der Waals surface area (Å²) in [5.74, 6) is -2.04. The summed E-state index contributed by atoms with van der Waals surface area (Å²) in [6.45, 7) is 7.20. The maximum Gasteiger partial charge on any atom is 0.246 e. The van der Waals surface area contributed by atoms with Gasteiger partial charge in [0.25, 0.3) is 0 Å². The summed E-state index contributed by atoms with van der Waals surface area (Å²) in [5.41, 5.74) is 0.528. The number of guanidine groups is 1. The molecule has 0 radical (unpaired) electrons. The molecule has 148 valence electrons. The summed E-state index contributed by atoms with van der Waals surface area (Å²) in [4.78, 5) is 0. The Morgan fingerprint density at radius 2 is 1.82 bits per heavy atom. The molecule has 2 N–H and O–H groups in total. The van der Waals surface area contributed by atoms with Gasteiger partial charge in [0.05, 0.1) is 5.54 Å². The molecule has 2 atom stereocenters. The van der Waals surface area contributed by atoms with Crippen LogP contribution in [0, 0.1) is 17.0 Å². The third-order valence-corrected chi connectivity index (χ3v) is 7.38. The molecule has 0 bridgehead atoms. The van der Waals surface area contributed by atoms with Gasteiger partial charge in [-0.05, 0) is 31.0 Å². The molecule has 28 heavy (non-hydrogen) atoms. The van der Waals surface area contributed by atoms with Crippen LogP contribution in [0.1, 0.15) is 35.8 Å². The third-order valence-electron chi connectivity index (χ3n) is 5.09. The number of hydrogen-bond acceptors (Lipinski definition) is 3. The Balaban J connectivity index is 2.25. The first-order valence-electron chi connectivity index (χ1n) is 8.54. The minimum absolute atomic E-state index is 0.0377. The van der Waals surface area contributed by atoms with E-state index in [4.69, 9.17) is 5.41 Å². The zero-order valence-corrected chi connectivity index (χ0v) is 16.6. The van der Waals surface area contributed by atoms with Crippen LogP contribution < -0.4 is 5.32 Å². The molecule has 1 aliphatic rings. The predicted octanol–water partition coefficient (Wildman–Crippen LogP) is 3.75. The molecular weight excluding hydrogens is 384 g/mol. The first-order valence-corrected chi connectivity index (χ1v) is 10.0. The van der Waals surface area contributed by atoms with Gasteiger partial charge < -0.3 is 5.32 Å². The van der Waals surface area contributed by atoms with E-state index < -0.39 is 32.4 Å². The maximum atomic E-state index is 14.6. The fourth-order valence-electron chi connectivity index (χ4n) is 3.54. The molecule has 1 heterocycles. The predicted molar refractivity (Wildman–Crippen MR) is 105 cm³/mol. The smallest absolute Gasteiger partial charge is 0.246 e. The lowest BCUT2D eigenvalue weighted by Crippen LogP contribution is -2.62. The van der Waals surface area contributed by atoms with E-state index in [0.29, 0.717) is 11.6 Å². The number of halogens is 2. The van der Waals surface area contributed by atoms with Crippen LogP contribution in [0.2, 0.25) is 0 Å². The van der Waals surface area contributed by atoms with Crippen LogP contribution in [-0.4, -0.2) is 25.7 Å². The van der Waals surface area contributed by atoms with E-state index >= 15 is 0 Å². The Morgan fingerprint density at radius 3 is 2.36 bits per heavy atom. The van der Waals surface area contributed by atoms with Gasteiger partial charge in [0.15, 0.2) is 0 Å². The lowest BCUT2D eigenvalue weighted by molar-refractivity contribution is 0.344. The average molecular weight is 405 g/mol. The van der Waals surface area contributed by atoms with Crippen molar-refractivity contribution >= 4 is 21.6 Å². The van der Waals surface area contributed by atoms with Crippen molar-refractivity contribution < 1.29 is 17.2 Å². The van der Waals surface area contributed by atoms with Gasteiger partial charge in [0, 0.05) is 18.7 Å². The Hall–Kier alpha value is -2.74. The number of nitrogens with one attached hydrogen (secondary N) is 2. The highest BCUT2D eigenvalue weighted by Gasteiger charge is 2.53. The first kappa shape index (κ1) is 20.0. The molecular formula is C20H21F2N3O2S. The van der Waals surface area contributed by atoms with Gasteiger partial charge in [-0.2, -0.15) is 0 Å². The lowest BCUT2D eigenvalue weighted by Gasteiger charge is -2.46. The molecule has 0 aliphatic carbocycles. The summed E-state index contributed by atoms with van der Waals surface area (Å²) in [6.07, 6.45) is 0. The molecule has 8 heteroatoms. The van der Waals surface area contributed by atoms with Gasteiger partial charge in [0.1, 0.15) is 16.9 Å². The Kier molecular flexibility index (Phi) is 4.79. The van der Waals surface area contributed by atoms with Gasteiger partial charge in [-0.3, -0.25) is 5.41 Å². The number of nitrogens with zero attached hydrogens (tertiary/aromatic N) is 1. The Bertz CT molecular complexity index is 1070. The standard InChI is InChI=1S/C20H21F2N3O2S/c1-12(2)13-5-7-14(8-6-13)18-20(3,16-10-9-15(21)11-17(16)22)24-19(23)25(4)28(18,26)27/h5-11,18H,1H2,2-4H3,(H2,23,24)/t18?,20-/m1/s1. The van der Waals surface area contributed by atoms with Gasteiger partial charge >= 0.3 is 0 Å². The van der Waals surface area contributed by atoms with Crippen molar-refractivity contribution in [3.8, 4) is 0 Å². The first-order chi connectivity index (χ1) is 13.0. The van der Waals surface area contributed by atoms with E-state index in [1.165, 1.54) is 20.0 Å². The van der Waals surface area contributed by atoms with Gasteiger partial charge in [-0.1, -0.05) is 42.5 Å². The van der Waals surface area contributed by atoms with Crippen LogP contribution in [0.4, 0.5) is 8.78 Å². The van der Waals surface area contributed by atoms with Crippen LogP contribution in [0.25, 0.3) is 5.57 Å². The summed E-state index contributed by atoms with van der Waals surface area (Å²) >= 11 is 0. The SMILES string of the molecule is C=C(C)c1ccc(C2[C@@](C)(c3ccc(F)cc3F)NC(=N)N(C)S2(=O)=O)cc1. The summed E-state index contributed by atoms with van der Waals surface area (Å²) in [6, 6.07) is 9.77. The average Bonchev–Trinajstić information content (AvgIpc) is 2.60. The van der Waals surface area contributed by atoms with Gasteiger partial charge in [-0.25, -0.2) is 21.5 Å². The lowest BCUT2D eigenvalue weighted by atomic mass is 9.84. The van der Waals surface area contributed by atoms with E-state index in [1.54, 1.807) is 24.3 Å². The Morgan fingerprint density at radius 1 is 1.21 bits per heavy atom. The van der Waals surface area contributed by atoms with Crippen molar-refractivity contribution in [2.75, 3.05) is 7.05 Å². The van der Waals surface area contributed by atoms with Crippen LogP contribution in [-0.2, 0) is 15.6 Å². The van der Waals surface area contributed by atoms with Crippen molar-refractivity contribution in [3.63, 3.8) is 0 Å². The minimum atomic E-state index is -4.06. The van der Waals surface area contributed by atoms with Crippen LogP contribution in [0.5, 0.6) is 0 Å². The molecule has 0 aromatic heterocycles. The zero-order chi connectivity index (χ0) is 20.9. The van der Waals surface area contributed by atoms with E-state index in [-0.39, 0.29) is 11.5 Å². The second-order valence-corrected chi connectivity index (χ2v) is 9.14. The molecule has 1 unspecified atom stereocenters. The molecule has 1 saturated heterocycles. The second-order valence-electron chi connectivity index (χ2n) is 7.09. The molecule has 5 nitrogen and oxygen atoms in total. The van der Waals surface area contributed by atoms with Crippen LogP contribution >= 0.6 is 0 Å². The summed E-state index contributed by atoms with van der Waals surface area (Å²) in [5, 5.41) is 9.61. The molecule has 0 spiro atoms. The normalized spacial score (nSPS) is 24.0. The van der Waals surface area contributed by atoms with Crippen molar-refractivity contribution in [1.29, 1.82) is 5.41 Å². The highest BCUT2D eigenvalue weighted by molar-refractivity contribution is 7.90. The zero-order valence-electron chi connectivity index (χ0n) is 15.8. The molecule has 1 aliphatic heterocycles. The molecule has 3 rings (SSSR count). The topological polar surface area (TPSA) is 73.3 Å². The molecule has 0 saturated carbocycles. The number of allylic oxidation sites excluding steroid dienone is 1. The van der Waals surface area contributed by atoms with E-state index in [0.717, 1.165) is 21.5 Å². The van der Waals surface area contributed by atoms with Crippen molar-refractivity contribution in [2.24, 2.45) is 0 Å². The summed E-state index contributed by atoms with van der Waals surface area (Å²) in [7, 11) is -2.79. The van der Waals surface area contributed by atoms with Crippen molar-refractivity contribution in [3.05, 3.63) is 77.4 Å². The van der Waals surface area contributed by atoms with Crippen LogP contribution in [0.3, 0.4) is 0 Å². The fourth-order valence-corrected chi connectivity index (χ4v) is 5.44. The van der Waals surface area contributed by atoms with Crippen molar-refractivity contribution in [1.82, 2.24) is 9.62 Å². The quantitative estimate of drug-likeness (QED) is 0.817. The van der Waals surface area contributed by atoms with E-state index in [2.05, 4.69) is 11.9 Å². The Labute approximate surface area is 163 Å². The van der Waals surface area contributed by atoms with Gasteiger partial charge in [0.2, 0.25) is 16.0 Å². The van der Waals surface area contributed by atoms with E-state index in [1.807, 2.05) is 6.92 Å². The van der Waals surface area contributed by atoms with Gasteiger partial charge in [-0.15, -0.1) is 0 Å². The minimum Gasteiger partial charge on any atom is -0.345 e.